The molecule has 2 heterocycles. The molecule has 1 aromatic carbocycles. The number of nitrogens with one attached hydrogen (secondary N) is 1. The number of hydrogen-bond acceptors (Lipinski definition) is 4. The van der Waals surface area contributed by atoms with E-state index in [0.29, 0.717) is 24.1 Å². The maximum atomic E-state index is 14.4. The average Bonchev–Trinajstić information content (AvgIpc) is 3.38. The van der Waals surface area contributed by atoms with Crippen molar-refractivity contribution in [3.8, 4) is 5.75 Å². The molecule has 1 atom stereocenters. The van der Waals surface area contributed by atoms with Crippen LogP contribution in [0.5, 0.6) is 5.75 Å². The van der Waals surface area contributed by atoms with Crippen LogP contribution in [-0.2, 0) is 6.54 Å². The van der Waals surface area contributed by atoms with Crippen molar-refractivity contribution in [1.29, 1.82) is 0 Å². The zero-order valence-corrected chi connectivity index (χ0v) is 16.5. The third-order valence-corrected chi connectivity index (χ3v) is 6.34. The maximum absolute atomic E-state index is 14.4. The summed E-state index contributed by atoms with van der Waals surface area (Å²) in [7, 11) is 1.56. The number of likely N-dealkylation sites (tertiary alicyclic amines) is 1. The van der Waals surface area contributed by atoms with Crippen LogP contribution in [0.25, 0.3) is 0 Å². The molecule has 0 amide bonds. The van der Waals surface area contributed by atoms with Crippen LogP contribution in [0.15, 0.2) is 18.2 Å². The van der Waals surface area contributed by atoms with Crippen LogP contribution < -0.4 is 4.74 Å². The molecule has 0 radical (unpaired) electrons. The van der Waals surface area contributed by atoms with Crippen LogP contribution in [-0.4, -0.2) is 40.3 Å². The third-order valence-electron chi connectivity index (χ3n) is 6.34. The van der Waals surface area contributed by atoms with Gasteiger partial charge in [-0.1, -0.05) is 32.8 Å². The molecule has 1 aliphatic carbocycles. The van der Waals surface area contributed by atoms with E-state index in [4.69, 9.17) is 9.72 Å². The Kier molecular flexibility index (Phi) is 4.93. The molecule has 1 saturated carbocycles. The monoisotopic (exact) mass is 372 g/mol. The number of methoxy groups -OCH3 is 1. The molecule has 5 nitrogen and oxygen atoms in total. The van der Waals surface area contributed by atoms with Crippen molar-refractivity contribution in [2.45, 2.75) is 57.9 Å². The Bertz CT molecular complexity index is 797. The number of nitrogens with zero attached hydrogens (tertiary/aromatic N) is 3. The quantitative estimate of drug-likeness (QED) is 0.853. The van der Waals surface area contributed by atoms with Crippen molar-refractivity contribution >= 4 is 0 Å². The van der Waals surface area contributed by atoms with E-state index in [1.807, 2.05) is 12.1 Å². The zero-order valence-electron chi connectivity index (χ0n) is 16.5. The first-order valence-corrected chi connectivity index (χ1v) is 9.98. The van der Waals surface area contributed by atoms with Crippen molar-refractivity contribution in [2.75, 3.05) is 20.2 Å². The Balaban J connectivity index is 1.56. The predicted octanol–water partition coefficient (Wildman–Crippen LogP) is 4.24. The molecule has 1 spiro atoms. The fraction of sp³-hybridized carbons (Fsp3) is 0.619. The summed E-state index contributed by atoms with van der Waals surface area (Å²) in [5, 5.41) is 7.64. The Morgan fingerprint density at radius 3 is 2.74 bits per heavy atom. The molecule has 1 N–H and O–H groups in total. The minimum atomic E-state index is -0.194. The molecular formula is C21H29FN4O. The van der Waals surface area contributed by atoms with Crippen molar-refractivity contribution in [3.63, 3.8) is 0 Å². The maximum Gasteiger partial charge on any atom is 0.153 e. The lowest BCUT2D eigenvalue weighted by Crippen LogP contribution is -2.27. The molecule has 1 aliphatic heterocycles. The van der Waals surface area contributed by atoms with Crippen molar-refractivity contribution in [1.82, 2.24) is 20.1 Å². The second-order valence-electron chi connectivity index (χ2n) is 8.48. The second-order valence-corrected chi connectivity index (χ2v) is 8.48. The molecule has 1 saturated heterocycles. The highest BCUT2D eigenvalue weighted by Crippen LogP contribution is 2.53. The highest BCUT2D eigenvalue weighted by atomic mass is 19.1. The van der Waals surface area contributed by atoms with Gasteiger partial charge in [-0.05, 0) is 24.3 Å². The standard InChI is InChI=1S/C21H29FN4O/c1-14(2)19-23-20(25-24-19)17-12-26(13-21(17)8-4-5-9-21)11-15-6-7-16(27-3)10-18(15)22/h6-7,10,14,17H,4-5,8-9,11-13H2,1-3H3,(H,23,24,25). The van der Waals surface area contributed by atoms with E-state index >= 15 is 0 Å². The fourth-order valence-electron chi connectivity index (χ4n) is 4.88. The summed E-state index contributed by atoms with van der Waals surface area (Å²) in [6.45, 7) is 6.76. The fourth-order valence-corrected chi connectivity index (χ4v) is 4.88. The first-order chi connectivity index (χ1) is 13.0. The highest BCUT2D eigenvalue weighted by Gasteiger charge is 2.49. The lowest BCUT2D eigenvalue weighted by molar-refractivity contribution is 0.243. The van der Waals surface area contributed by atoms with E-state index in [-0.39, 0.29) is 11.2 Å². The summed E-state index contributed by atoms with van der Waals surface area (Å²) < 4.78 is 19.6. The first kappa shape index (κ1) is 18.4. The van der Waals surface area contributed by atoms with E-state index in [9.17, 15) is 4.39 Å². The molecule has 27 heavy (non-hydrogen) atoms. The minimum absolute atomic E-state index is 0.194. The van der Waals surface area contributed by atoms with Crippen LogP contribution in [0.2, 0.25) is 0 Å². The topological polar surface area (TPSA) is 54.0 Å². The molecule has 1 unspecified atom stereocenters. The van der Waals surface area contributed by atoms with E-state index in [1.165, 1.54) is 31.7 Å². The van der Waals surface area contributed by atoms with Gasteiger partial charge >= 0.3 is 0 Å². The van der Waals surface area contributed by atoms with Crippen molar-refractivity contribution in [3.05, 3.63) is 41.2 Å². The first-order valence-electron chi connectivity index (χ1n) is 9.98. The van der Waals surface area contributed by atoms with Crippen LogP contribution in [0.4, 0.5) is 4.39 Å². The van der Waals surface area contributed by atoms with E-state index in [1.54, 1.807) is 7.11 Å². The Hall–Kier alpha value is -1.95. The minimum Gasteiger partial charge on any atom is -0.497 e. The van der Waals surface area contributed by atoms with Gasteiger partial charge in [-0.3, -0.25) is 10.00 Å². The van der Waals surface area contributed by atoms with Gasteiger partial charge in [0.1, 0.15) is 17.4 Å². The van der Waals surface area contributed by atoms with Crippen LogP contribution in [0.1, 0.15) is 68.6 Å². The molecule has 146 valence electrons. The molecule has 6 heteroatoms. The second kappa shape index (κ2) is 7.23. The third kappa shape index (κ3) is 3.47. The number of aromatic amines is 1. The highest BCUT2D eigenvalue weighted by molar-refractivity contribution is 5.29. The molecule has 0 bridgehead atoms. The van der Waals surface area contributed by atoms with Gasteiger partial charge in [0.25, 0.3) is 0 Å². The summed E-state index contributed by atoms with van der Waals surface area (Å²) >= 11 is 0. The Labute approximate surface area is 160 Å². The van der Waals surface area contributed by atoms with Gasteiger partial charge in [0.05, 0.1) is 7.11 Å². The van der Waals surface area contributed by atoms with Crippen molar-refractivity contribution < 1.29 is 9.13 Å². The normalized spacial score (nSPS) is 22.2. The smallest absolute Gasteiger partial charge is 0.153 e. The van der Waals surface area contributed by atoms with E-state index in [2.05, 4.69) is 28.9 Å². The van der Waals surface area contributed by atoms with Gasteiger partial charge in [0, 0.05) is 43.1 Å². The molecule has 2 aromatic rings. The van der Waals surface area contributed by atoms with Gasteiger partial charge in [0.15, 0.2) is 5.82 Å². The van der Waals surface area contributed by atoms with E-state index < -0.39 is 0 Å². The summed E-state index contributed by atoms with van der Waals surface area (Å²) in [6, 6.07) is 5.15. The van der Waals surface area contributed by atoms with Gasteiger partial charge < -0.3 is 4.74 Å². The molecule has 2 fully saturated rings. The summed E-state index contributed by atoms with van der Waals surface area (Å²) in [5.74, 6) is 2.93. The Morgan fingerprint density at radius 2 is 2.11 bits per heavy atom. The largest absolute Gasteiger partial charge is 0.497 e. The van der Waals surface area contributed by atoms with Gasteiger partial charge in [0.2, 0.25) is 0 Å². The number of H-pyrrole nitrogens is 1. The molecule has 2 aliphatic rings. The number of halogens is 1. The van der Waals surface area contributed by atoms with Crippen LogP contribution in [0.3, 0.4) is 0 Å². The van der Waals surface area contributed by atoms with E-state index in [0.717, 1.165) is 30.3 Å². The number of hydrogen-bond donors (Lipinski definition) is 1. The summed E-state index contributed by atoms with van der Waals surface area (Å²) in [6.07, 6.45) is 4.98. The summed E-state index contributed by atoms with van der Waals surface area (Å²) in [5.41, 5.74) is 0.974. The van der Waals surface area contributed by atoms with Gasteiger partial charge in [-0.2, -0.15) is 5.10 Å². The number of rotatable bonds is 5. The lowest BCUT2D eigenvalue weighted by atomic mass is 9.76. The predicted molar refractivity (Wildman–Crippen MR) is 102 cm³/mol. The van der Waals surface area contributed by atoms with Gasteiger partial charge in [-0.25, -0.2) is 9.37 Å². The number of benzene rings is 1. The summed E-state index contributed by atoms with van der Waals surface area (Å²) in [4.78, 5) is 7.20. The van der Waals surface area contributed by atoms with Crippen LogP contribution >= 0.6 is 0 Å². The zero-order chi connectivity index (χ0) is 19.0. The lowest BCUT2D eigenvalue weighted by Gasteiger charge is -2.28. The number of aromatic nitrogens is 3. The Morgan fingerprint density at radius 1 is 1.33 bits per heavy atom. The van der Waals surface area contributed by atoms with Crippen molar-refractivity contribution in [2.24, 2.45) is 5.41 Å². The number of ether oxygens (including phenoxy) is 1. The van der Waals surface area contributed by atoms with Gasteiger partial charge in [-0.15, -0.1) is 0 Å². The van der Waals surface area contributed by atoms with Crippen LogP contribution in [0, 0.1) is 11.2 Å². The average molecular weight is 372 g/mol. The molecular weight excluding hydrogens is 343 g/mol. The molecule has 1 aromatic heterocycles. The SMILES string of the molecule is COc1ccc(CN2CC(c3nc(C(C)C)n[nH]3)C3(CCCC3)C2)c(F)c1. The molecule has 4 rings (SSSR count).